The topological polar surface area (TPSA) is 58.2 Å². The third-order valence-corrected chi connectivity index (χ3v) is 3.87. The Morgan fingerprint density at radius 2 is 2.17 bits per heavy atom. The summed E-state index contributed by atoms with van der Waals surface area (Å²) in [7, 11) is 0. The SMILES string of the molecule is C=C/C(CC)=C(\C=C/C)C(=O)Nc1cc(F)c2c(c1)CCC(=O)N2. The van der Waals surface area contributed by atoms with Crippen LogP contribution in [0.4, 0.5) is 15.8 Å². The Kier molecular flexibility index (Phi) is 5.68. The van der Waals surface area contributed by atoms with Crippen molar-refractivity contribution >= 4 is 23.2 Å². The monoisotopic (exact) mass is 328 g/mol. The van der Waals surface area contributed by atoms with Gasteiger partial charge in [0.25, 0.3) is 5.91 Å². The predicted molar refractivity (Wildman–Crippen MR) is 94.3 cm³/mol. The van der Waals surface area contributed by atoms with Crippen LogP contribution < -0.4 is 10.6 Å². The van der Waals surface area contributed by atoms with Gasteiger partial charge in [-0.2, -0.15) is 0 Å². The summed E-state index contributed by atoms with van der Waals surface area (Å²) in [6, 6.07) is 2.91. The molecule has 0 aliphatic carbocycles. The van der Waals surface area contributed by atoms with Crippen LogP contribution in [0.1, 0.15) is 32.3 Å². The Labute approximate surface area is 141 Å². The van der Waals surface area contributed by atoms with Crippen molar-refractivity contribution in [3.8, 4) is 0 Å². The molecule has 5 heteroatoms. The second-order valence-corrected chi connectivity index (χ2v) is 5.49. The number of allylic oxidation sites excluding steroid dienone is 3. The van der Waals surface area contributed by atoms with Crippen molar-refractivity contribution in [1.29, 1.82) is 0 Å². The van der Waals surface area contributed by atoms with Crippen molar-refractivity contribution in [1.82, 2.24) is 0 Å². The zero-order valence-electron chi connectivity index (χ0n) is 13.9. The number of aryl methyl sites for hydroxylation is 1. The van der Waals surface area contributed by atoms with Crippen LogP contribution in [-0.2, 0) is 16.0 Å². The molecule has 1 aliphatic heterocycles. The molecule has 126 valence electrons. The van der Waals surface area contributed by atoms with Crippen molar-refractivity contribution < 1.29 is 14.0 Å². The Morgan fingerprint density at radius 1 is 1.42 bits per heavy atom. The molecule has 0 bridgehead atoms. The summed E-state index contributed by atoms with van der Waals surface area (Å²) >= 11 is 0. The number of fused-ring (bicyclic) bond motifs is 1. The van der Waals surface area contributed by atoms with E-state index in [0.29, 0.717) is 36.1 Å². The van der Waals surface area contributed by atoms with E-state index in [4.69, 9.17) is 0 Å². The molecule has 0 aromatic heterocycles. The molecule has 1 aromatic carbocycles. The molecule has 0 fully saturated rings. The molecule has 0 saturated carbocycles. The van der Waals surface area contributed by atoms with Gasteiger partial charge in [-0.15, -0.1) is 0 Å². The standard InChI is InChI=1S/C19H21FN2O2/c1-4-7-15(12(5-2)6-3)19(24)21-14-10-13-8-9-17(23)22-18(13)16(20)11-14/h4-5,7,10-11H,2,6,8-9H2,1,3H3,(H,21,24)(H,22,23)/b7-4-,15-12-. The molecule has 1 aliphatic rings. The van der Waals surface area contributed by atoms with Gasteiger partial charge in [-0.1, -0.05) is 31.7 Å². The summed E-state index contributed by atoms with van der Waals surface area (Å²) < 4.78 is 14.2. The van der Waals surface area contributed by atoms with Gasteiger partial charge in [-0.25, -0.2) is 4.39 Å². The molecular weight excluding hydrogens is 307 g/mol. The Balaban J connectivity index is 2.32. The van der Waals surface area contributed by atoms with Crippen LogP contribution in [0, 0.1) is 5.82 Å². The van der Waals surface area contributed by atoms with E-state index in [9.17, 15) is 14.0 Å². The summed E-state index contributed by atoms with van der Waals surface area (Å²) in [5.41, 5.74) is 2.57. The van der Waals surface area contributed by atoms with Gasteiger partial charge in [-0.3, -0.25) is 9.59 Å². The largest absolute Gasteiger partial charge is 0.323 e. The third kappa shape index (κ3) is 3.79. The highest BCUT2D eigenvalue weighted by Gasteiger charge is 2.20. The van der Waals surface area contributed by atoms with Crippen LogP contribution in [-0.4, -0.2) is 11.8 Å². The fraction of sp³-hybridized carbons (Fsp3) is 0.263. The number of anilines is 2. The second-order valence-electron chi connectivity index (χ2n) is 5.49. The van der Waals surface area contributed by atoms with Crippen LogP contribution in [0.25, 0.3) is 0 Å². The number of nitrogens with one attached hydrogen (secondary N) is 2. The molecule has 24 heavy (non-hydrogen) atoms. The van der Waals surface area contributed by atoms with Crippen molar-refractivity contribution in [2.45, 2.75) is 33.1 Å². The maximum absolute atomic E-state index is 14.2. The highest BCUT2D eigenvalue weighted by Crippen LogP contribution is 2.29. The summed E-state index contributed by atoms with van der Waals surface area (Å²) in [4.78, 5) is 23.9. The molecular formula is C19H21FN2O2. The summed E-state index contributed by atoms with van der Waals surface area (Å²) in [5.74, 6) is -1.06. The van der Waals surface area contributed by atoms with E-state index >= 15 is 0 Å². The molecule has 0 radical (unpaired) electrons. The zero-order chi connectivity index (χ0) is 17.7. The molecule has 4 nitrogen and oxygen atoms in total. The molecule has 2 N–H and O–H groups in total. The van der Waals surface area contributed by atoms with Gasteiger partial charge in [0, 0.05) is 17.7 Å². The van der Waals surface area contributed by atoms with Crippen LogP contribution in [0.15, 0.2) is 48.1 Å². The van der Waals surface area contributed by atoms with Crippen LogP contribution in [0.2, 0.25) is 0 Å². The van der Waals surface area contributed by atoms with Crippen molar-refractivity contribution in [2.75, 3.05) is 10.6 Å². The van der Waals surface area contributed by atoms with E-state index in [1.54, 1.807) is 24.3 Å². The Bertz CT molecular complexity index is 748. The van der Waals surface area contributed by atoms with Gasteiger partial charge in [0.15, 0.2) is 0 Å². The van der Waals surface area contributed by atoms with E-state index in [-0.39, 0.29) is 17.5 Å². The first-order chi connectivity index (χ1) is 11.5. The fourth-order valence-electron chi connectivity index (χ4n) is 2.66. The minimum absolute atomic E-state index is 0.199. The smallest absolute Gasteiger partial charge is 0.255 e. The number of benzene rings is 1. The lowest BCUT2D eigenvalue weighted by Crippen LogP contribution is -2.21. The number of hydrogen-bond donors (Lipinski definition) is 2. The van der Waals surface area contributed by atoms with Gasteiger partial charge in [0.2, 0.25) is 5.91 Å². The van der Waals surface area contributed by atoms with Gasteiger partial charge in [-0.05, 0) is 43.0 Å². The normalized spacial score (nSPS) is 14.7. The van der Waals surface area contributed by atoms with Crippen molar-refractivity contribution in [3.63, 3.8) is 0 Å². The van der Waals surface area contributed by atoms with Gasteiger partial charge >= 0.3 is 0 Å². The van der Waals surface area contributed by atoms with E-state index in [1.807, 2.05) is 13.8 Å². The molecule has 0 unspecified atom stereocenters. The third-order valence-electron chi connectivity index (χ3n) is 3.87. The summed E-state index contributed by atoms with van der Waals surface area (Å²) in [6.45, 7) is 7.50. The maximum atomic E-state index is 14.2. The zero-order valence-corrected chi connectivity index (χ0v) is 13.9. The van der Waals surface area contributed by atoms with Crippen LogP contribution in [0.5, 0.6) is 0 Å². The molecule has 2 rings (SSSR count). The maximum Gasteiger partial charge on any atom is 0.255 e. The van der Waals surface area contributed by atoms with Crippen molar-refractivity contribution in [3.05, 3.63) is 59.5 Å². The number of rotatable bonds is 5. The summed E-state index contributed by atoms with van der Waals surface area (Å²) in [5, 5.41) is 5.26. The summed E-state index contributed by atoms with van der Waals surface area (Å²) in [6.07, 6.45) is 6.57. The van der Waals surface area contributed by atoms with E-state index < -0.39 is 5.82 Å². The fourth-order valence-corrected chi connectivity index (χ4v) is 2.66. The molecule has 0 saturated heterocycles. The van der Waals surface area contributed by atoms with Crippen LogP contribution in [0.3, 0.4) is 0 Å². The molecule has 1 aromatic rings. The van der Waals surface area contributed by atoms with E-state index in [2.05, 4.69) is 17.2 Å². The average Bonchev–Trinajstić information content (AvgIpc) is 2.56. The number of halogens is 1. The minimum atomic E-state index is -0.549. The number of carbonyl (C=O) groups excluding carboxylic acids is 2. The van der Waals surface area contributed by atoms with Crippen LogP contribution >= 0.6 is 0 Å². The lowest BCUT2D eigenvalue weighted by atomic mass is 10.0. The first-order valence-corrected chi connectivity index (χ1v) is 7.92. The van der Waals surface area contributed by atoms with Gasteiger partial charge < -0.3 is 10.6 Å². The molecule has 0 spiro atoms. The van der Waals surface area contributed by atoms with Gasteiger partial charge in [0.05, 0.1) is 5.69 Å². The number of amides is 2. The Morgan fingerprint density at radius 3 is 2.79 bits per heavy atom. The Hall–Kier alpha value is -2.69. The molecule has 2 amide bonds. The van der Waals surface area contributed by atoms with Gasteiger partial charge in [0.1, 0.15) is 5.82 Å². The van der Waals surface area contributed by atoms with Crippen molar-refractivity contribution in [2.24, 2.45) is 0 Å². The van der Waals surface area contributed by atoms with E-state index in [0.717, 1.165) is 5.57 Å². The first kappa shape index (κ1) is 17.7. The first-order valence-electron chi connectivity index (χ1n) is 7.92. The number of hydrogen-bond acceptors (Lipinski definition) is 2. The lowest BCUT2D eigenvalue weighted by Gasteiger charge is -2.19. The predicted octanol–water partition coefficient (Wildman–Crippen LogP) is 4.12. The highest BCUT2D eigenvalue weighted by molar-refractivity contribution is 6.07. The molecule has 0 atom stereocenters. The quantitative estimate of drug-likeness (QED) is 0.631. The average molecular weight is 328 g/mol. The highest BCUT2D eigenvalue weighted by atomic mass is 19.1. The number of carbonyl (C=O) groups is 2. The second kappa shape index (κ2) is 7.73. The molecule has 1 heterocycles. The lowest BCUT2D eigenvalue weighted by molar-refractivity contribution is -0.116. The van der Waals surface area contributed by atoms with E-state index in [1.165, 1.54) is 6.07 Å². The minimum Gasteiger partial charge on any atom is -0.323 e.